The lowest BCUT2D eigenvalue weighted by Gasteiger charge is -2.27. The SMILES string of the molecule is CCCNC(Cc1ccc(Br)cn1)C(OCC)OCC. The molecule has 1 rings (SSSR count). The molecule has 1 heterocycles. The van der Waals surface area contributed by atoms with Crippen molar-refractivity contribution in [1.82, 2.24) is 10.3 Å². The number of pyridine rings is 1. The van der Waals surface area contributed by atoms with E-state index in [1.165, 1.54) is 0 Å². The van der Waals surface area contributed by atoms with Crippen molar-refractivity contribution >= 4 is 15.9 Å². The van der Waals surface area contributed by atoms with Gasteiger partial charge in [-0.1, -0.05) is 6.92 Å². The van der Waals surface area contributed by atoms with Gasteiger partial charge < -0.3 is 14.8 Å². The van der Waals surface area contributed by atoms with E-state index in [0.29, 0.717) is 13.2 Å². The molecule has 0 bridgehead atoms. The van der Waals surface area contributed by atoms with Gasteiger partial charge in [-0.05, 0) is 54.9 Å². The second kappa shape index (κ2) is 10.3. The van der Waals surface area contributed by atoms with Crippen molar-refractivity contribution in [1.29, 1.82) is 0 Å². The van der Waals surface area contributed by atoms with Crippen molar-refractivity contribution in [3.63, 3.8) is 0 Å². The first-order valence-electron chi connectivity index (χ1n) is 7.28. The van der Waals surface area contributed by atoms with Crippen molar-refractivity contribution in [2.75, 3.05) is 19.8 Å². The normalized spacial score (nSPS) is 12.8. The van der Waals surface area contributed by atoms with Crippen molar-refractivity contribution in [2.45, 2.75) is 45.9 Å². The van der Waals surface area contributed by atoms with Crippen molar-refractivity contribution < 1.29 is 9.47 Å². The zero-order chi connectivity index (χ0) is 14.8. The van der Waals surface area contributed by atoms with E-state index < -0.39 is 0 Å². The van der Waals surface area contributed by atoms with E-state index in [4.69, 9.17) is 9.47 Å². The zero-order valence-electron chi connectivity index (χ0n) is 12.6. The van der Waals surface area contributed by atoms with Crippen LogP contribution in [0.5, 0.6) is 0 Å². The molecule has 5 heteroatoms. The van der Waals surface area contributed by atoms with E-state index in [9.17, 15) is 0 Å². The van der Waals surface area contributed by atoms with Gasteiger partial charge in [0, 0.05) is 36.0 Å². The average Bonchev–Trinajstić information content (AvgIpc) is 2.45. The molecule has 0 saturated heterocycles. The lowest BCUT2D eigenvalue weighted by Crippen LogP contribution is -2.45. The monoisotopic (exact) mass is 344 g/mol. The van der Waals surface area contributed by atoms with Gasteiger partial charge in [0.2, 0.25) is 0 Å². The quantitative estimate of drug-likeness (QED) is 0.662. The highest BCUT2D eigenvalue weighted by Gasteiger charge is 2.22. The van der Waals surface area contributed by atoms with Crippen molar-refractivity contribution in [2.24, 2.45) is 0 Å². The van der Waals surface area contributed by atoms with Crippen LogP contribution in [-0.4, -0.2) is 37.1 Å². The highest BCUT2D eigenvalue weighted by Crippen LogP contribution is 2.12. The minimum atomic E-state index is -0.234. The molecule has 0 aliphatic carbocycles. The number of halogens is 1. The van der Waals surface area contributed by atoms with Crippen LogP contribution in [0.2, 0.25) is 0 Å². The molecule has 4 nitrogen and oxygen atoms in total. The fourth-order valence-electron chi connectivity index (χ4n) is 1.96. The van der Waals surface area contributed by atoms with Crippen molar-refractivity contribution in [3.05, 3.63) is 28.5 Å². The van der Waals surface area contributed by atoms with Crippen molar-refractivity contribution in [3.8, 4) is 0 Å². The number of ether oxygens (including phenoxy) is 2. The fourth-order valence-corrected chi connectivity index (χ4v) is 2.19. The summed E-state index contributed by atoms with van der Waals surface area (Å²) in [6, 6.07) is 4.15. The third-order valence-electron chi connectivity index (χ3n) is 2.86. The van der Waals surface area contributed by atoms with E-state index in [1.807, 2.05) is 32.2 Å². The van der Waals surface area contributed by atoms with Crippen LogP contribution in [0, 0.1) is 0 Å². The molecule has 0 aromatic carbocycles. The van der Waals surface area contributed by atoms with Gasteiger partial charge in [-0.25, -0.2) is 0 Å². The van der Waals surface area contributed by atoms with Gasteiger partial charge in [0.05, 0.1) is 6.04 Å². The molecule has 0 aliphatic heterocycles. The number of rotatable bonds is 10. The maximum atomic E-state index is 5.72. The van der Waals surface area contributed by atoms with Crippen LogP contribution in [-0.2, 0) is 15.9 Å². The van der Waals surface area contributed by atoms with E-state index in [1.54, 1.807) is 0 Å². The first-order valence-corrected chi connectivity index (χ1v) is 8.07. The van der Waals surface area contributed by atoms with Crippen LogP contribution in [0.15, 0.2) is 22.8 Å². The zero-order valence-corrected chi connectivity index (χ0v) is 14.1. The number of nitrogens with one attached hydrogen (secondary N) is 1. The summed E-state index contributed by atoms with van der Waals surface area (Å²) in [4.78, 5) is 4.43. The molecule has 1 aromatic heterocycles. The molecule has 0 amide bonds. The summed E-state index contributed by atoms with van der Waals surface area (Å²) in [5.41, 5.74) is 1.03. The minimum absolute atomic E-state index is 0.114. The third kappa shape index (κ3) is 6.31. The Morgan fingerprint density at radius 1 is 1.20 bits per heavy atom. The number of hydrogen-bond acceptors (Lipinski definition) is 4. The minimum Gasteiger partial charge on any atom is -0.351 e. The van der Waals surface area contributed by atoms with Crippen LogP contribution in [0.4, 0.5) is 0 Å². The summed E-state index contributed by atoms with van der Waals surface area (Å²) in [6.07, 6.45) is 3.46. The van der Waals surface area contributed by atoms with E-state index in [0.717, 1.165) is 29.6 Å². The Balaban J connectivity index is 2.72. The molecule has 1 N–H and O–H groups in total. The third-order valence-corrected chi connectivity index (χ3v) is 3.33. The Morgan fingerprint density at radius 3 is 2.40 bits per heavy atom. The molecular formula is C15H25BrN2O2. The van der Waals surface area contributed by atoms with E-state index >= 15 is 0 Å². The summed E-state index contributed by atoms with van der Waals surface area (Å²) in [7, 11) is 0. The number of nitrogens with zero attached hydrogens (tertiary/aromatic N) is 1. The molecule has 114 valence electrons. The molecule has 1 unspecified atom stereocenters. The Labute approximate surface area is 130 Å². The first kappa shape index (κ1) is 17.6. The lowest BCUT2D eigenvalue weighted by molar-refractivity contribution is -0.153. The highest BCUT2D eigenvalue weighted by atomic mass is 79.9. The second-order valence-corrected chi connectivity index (χ2v) is 5.43. The van der Waals surface area contributed by atoms with Gasteiger partial charge in [-0.15, -0.1) is 0 Å². The maximum absolute atomic E-state index is 5.72. The van der Waals surface area contributed by atoms with Gasteiger partial charge in [-0.3, -0.25) is 4.98 Å². The number of aromatic nitrogens is 1. The van der Waals surface area contributed by atoms with Gasteiger partial charge >= 0.3 is 0 Å². The molecule has 1 atom stereocenters. The summed E-state index contributed by atoms with van der Waals surface area (Å²) < 4.78 is 12.4. The number of hydrogen-bond donors (Lipinski definition) is 1. The molecule has 0 saturated carbocycles. The molecule has 0 fully saturated rings. The smallest absolute Gasteiger partial charge is 0.173 e. The molecule has 0 spiro atoms. The summed E-state index contributed by atoms with van der Waals surface area (Å²) in [6.45, 7) is 8.35. The second-order valence-electron chi connectivity index (χ2n) is 4.51. The predicted molar refractivity (Wildman–Crippen MR) is 84.8 cm³/mol. The maximum Gasteiger partial charge on any atom is 0.173 e. The summed E-state index contributed by atoms with van der Waals surface area (Å²) in [5.74, 6) is 0. The van der Waals surface area contributed by atoms with Crippen LogP contribution in [0.3, 0.4) is 0 Å². The fraction of sp³-hybridized carbons (Fsp3) is 0.667. The molecule has 1 aromatic rings. The van der Waals surface area contributed by atoms with E-state index in [2.05, 4.69) is 33.2 Å². The van der Waals surface area contributed by atoms with Crippen LogP contribution in [0.1, 0.15) is 32.9 Å². The van der Waals surface area contributed by atoms with Gasteiger partial charge in [0.1, 0.15) is 0 Å². The van der Waals surface area contributed by atoms with Gasteiger partial charge in [0.25, 0.3) is 0 Å². The first-order chi connectivity index (χ1) is 9.71. The Hall–Kier alpha value is -0.490. The Kier molecular flexibility index (Phi) is 9.02. The Bertz CT molecular complexity index is 353. The lowest BCUT2D eigenvalue weighted by atomic mass is 10.1. The topological polar surface area (TPSA) is 43.4 Å². The van der Waals surface area contributed by atoms with E-state index in [-0.39, 0.29) is 12.3 Å². The average molecular weight is 345 g/mol. The molecule has 0 radical (unpaired) electrons. The standard InChI is InChI=1S/C15H25BrN2O2/c1-4-9-17-14(15(19-5-2)20-6-3)10-13-8-7-12(16)11-18-13/h7-8,11,14-15,17H,4-6,9-10H2,1-3H3. The summed E-state index contributed by atoms with van der Waals surface area (Å²) >= 11 is 3.40. The van der Waals surface area contributed by atoms with Crippen LogP contribution >= 0.6 is 15.9 Å². The largest absolute Gasteiger partial charge is 0.351 e. The molecule has 0 aliphatic rings. The molecular weight excluding hydrogens is 320 g/mol. The van der Waals surface area contributed by atoms with Gasteiger partial charge in [0.15, 0.2) is 6.29 Å². The Morgan fingerprint density at radius 2 is 1.90 bits per heavy atom. The predicted octanol–water partition coefficient (Wildman–Crippen LogP) is 3.15. The van der Waals surface area contributed by atoms with Gasteiger partial charge in [-0.2, -0.15) is 0 Å². The highest BCUT2D eigenvalue weighted by molar-refractivity contribution is 9.10. The van der Waals surface area contributed by atoms with Crippen LogP contribution < -0.4 is 5.32 Å². The van der Waals surface area contributed by atoms with Crippen LogP contribution in [0.25, 0.3) is 0 Å². The summed E-state index contributed by atoms with van der Waals surface area (Å²) in [5, 5.41) is 3.50. The molecule has 20 heavy (non-hydrogen) atoms.